The Kier molecular flexibility index (Phi) is 7.62. The molecule has 0 aromatic carbocycles. The largest absolute Gasteiger partial charge is 0.460 e. The predicted octanol–water partition coefficient (Wildman–Crippen LogP) is 5.60. The van der Waals surface area contributed by atoms with E-state index in [1.807, 2.05) is 24.4 Å². The van der Waals surface area contributed by atoms with Gasteiger partial charge in [-0.3, -0.25) is 4.79 Å². The van der Waals surface area contributed by atoms with Crippen molar-refractivity contribution in [1.82, 2.24) is 19.5 Å². The molecule has 0 amide bonds. The average molecular weight is 521 g/mol. The third-order valence-corrected chi connectivity index (χ3v) is 8.54. The Hall–Kier alpha value is -2.46. The maximum Gasteiger partial charge on any atom is 0.422 e. The number of fused-ring (bicyclic) bond motifs is 2. The summed E-state index contributed by atoms with van der Waals surface area (Å²) in [5.74, 6) is 1.35. The summed E-state index contributed by atoms with van der Waals surface area (Å²) in [5, 5.41) is 4.35. The van der Waals surface area contributed by atoms with E-state index in [1.54, 1.807) is 10.7 Å². The van der Waals surface area contributed by atoms with E-state index in [9.17, 15) is 18.0 Å². The molecule has 0 unspecified atom stereocenters. The van der Waals surface area contributed by atoms with Crippen molar-refractivity contribution in [2.24, 2.45) is 11.8 Å². The molecule has 4 heterocycles. The highest BCUT2D eigenvalue weighted by Crippen LogP contribution is 2.34. The number of aromatic nitrogens is 3. The Morgan fingerprint density at radius 1 is 1.11 bits per heavy atom. The van der Waals surface area contributed by atoms with E-state index >= 15 is 0 Å². The molecule has 0 N–H and O–H groups in total. The van der Waals surface area contributed by atoms with E-state index in [0.29, 0.717) is 18.3 Å². The van der Waals surface area contributed by atoms with E-state index in [0.717, 1.165) is 86.2 Å². The van der Waals surface area contributed by atoms with Gasteiger partial charge in [-0.05, 0) is 62.3 Å². The predicted molar refractivity (Wildman–Crippen MR) is 132 cm³/mol. The second-order valence-corrected chi connectivity index (χ2v) is 11.0. The van der Waals surface area contributed by atoms with Gasteiger partial charge in [-0.2, -0.15) is 18.3 Å². The van der Waals surface area contributed by atoms with E-state index < -0.39 is 12.8 Å². The zero-order valence-corrected chi connectivity index (χ0v) is 21.0. The number of hydrogen-bond donors (Lipinski definition) is 0. The Labute approximate surface area is 212 Å². The zero-order chi connectivity index (χ0) is 25.1. The minimum Gasteiger partial charge on any atom is -0.460 e. The summed E-state index contributed by atoms with van der Waals surface area (Å²) in [6, 6.07) is 5.67. The van der Waals surface area contributed by atoms with Crippen LogP contribution in [0.1, 0.15) is 59.5 Å². The molecular weight excluding hydrogens is 489 g/mol. The second kappa shape index (κ2) is 10.9. The van der Waals surface area contributed by atoms with Gasteiger partial charge in [0.05, 0.1) is 17.4 Å². The molecule has 1 saturated carbocycles. The molecule has 0 radical (unpaired) electrons. The van der Waals surface area contributed by atoms with Crippen LogP contribution in [0.2, 0.25) is 0 Å². The summed E-state index contributed by atoms with van der Waals surface area (Å²) in [6.45, 7) is 1.52. The Morgan fingerprint density at radius 3 is 2.69 bits per heavy atom. The standard InChI is InChI=1S/C26H31F3N4O2S/c27-26(28,29)17-35-25-31-21-9-14-32(15-10-24(21)36-25)13-8-18-3-5-19(6-4-18)16-23(34)20-2-1-12-33-22(20)7-11-30-33/h1-2,7,11-12,18-19H,3-6,8-10,13-17H2. The fourth-order valence-corrected chi connectivity index (χ4v) is 6.41. The van der Waals surface area contributed by atoms with Crippen LogP contribution in [-0.2, 0) is 12.8 Å². The number of halogens is 3. The topological polar surface area (TPSA) is 59.7 Å². The molecule has 0 bridgehead atoms. The SMILES string of the molecule is O=C(CC1CCC(CCN2CCc3nc(OCC(F)(F)F)sc3CC2)CC1)c1cccn2nccc12. The molecule has 0 spiro atoms. The summed E-state index contributed by atoms with van der Waals surface area (Å²) in [6.07, 6.45) is 7.08. The smallest absolute Gasteiger partial charge is 0.422 e. The number of alkyl halides is 3. The average Bonchev–Trinajstić information content (AvgIpc) is 3.45. The number of hydrogen-bond acceptors (Lipinski definition) is 6. The van der Waals surface area contributed by atoms with Crippen LogP contribution in [-0.4, -0.2) is 57.7 Å². The molecule has 2 aliphatic rings. The summed E-state index contributed by atoms with van der Waals surface area (Å²) in [7, 11) is 0. The molecule has 1 fully saturated rings. The molecule has 5 rings (SSSR count). The van der Waals surface area contributed by atoms with Crippen molar-refractivity contribution in [3.8, 4) is 5.19 Å². The van der Waals surface area contributed by atoms with Gasteiger partial charge < -0.3 is 9.64 Å². The van der Waals surface area contributed by atoms with Crippen molar-refractivity contribution < 1.29 is 22.7 Å². The van der Waals surface area contributed by atoms with Crippen LogP contribution in [0.15, 0.2) is 30.6 Å². The normalized spacial score (nSPS) is 21.3. The van der Waals surface area contributed by atoms with Crippen LogP contribution >= 0.6 is 11.3 Å². The van der Waals surface area contributed by atoms with Crippen LogP contribution < -0.4 is 4.74 Å². The number of pyridine rings is 1. The van der Waals surface area contributed by atoms with E-state index in [4.69, 9.17) is 4.74 Å². The maximum atomic E-state index is 12.9. The monoisotopic (exact) mass is 520 g/mol. The lowest BCUT2D eigenvalue weighted by molar-refractivity contribution is -0.153. The van der Waals surface area contributed by atoms with Crippen molar-refractivity contribution in [3.05, 3.63) is 46.7 Å². The van der Waals surface area contributed by atoms with Crippen LogP contribution in [0.25, 0.3) is 5.52 Å². The van der Waals surface area contributed by atoms with Gasteiger partial charge in [0.2, 0.25) is 0 Å². The number of Topliss-reactive ketones (excluding diaryl/α,β-unsaturated/α-hetero) is 1. The highest BCUT2D eigenvalue weighted by Gasteiger charge is 2.30. The lowest BCUT2D eigenvalue weighted by Gasteiger charge is -2.30. The number of carbonyl (C=O) groups is 1. The van der Waals surface area contributed by atoms with Gasteiger partial charge in [0.15, 0.2) is 12.4 Å². The third kappa shape index (κ3) is 6.26. The number of ether oxygens (including phenoxy) is 1. The van der Waals surface area contributed by atoms with Crippen LogP contribution in [0, 0.1) is 11.8 Å². The number of nitrogens with zero attached hydrogens (tertiary/aromatic N) is 4. The molecular formula is C26H31F3N4O2S. The molecule has 6 nitrogen and oxygen atoms in total. The summed E-state index contributed by atoms with van der Waals surface area (Å²) >= 11 is 1.25. The lowest BCUT2D eigenvalue weighted by Crippen LogP contribution is -2.30. The molecule has 3 aromatic rings. The first kappa shape index (κ1) is 25.2. The van der Waals surface area contributed by atoms with Crippen molar-refractivity contribution >= 4 is 22.6 Å². The highest BCUT2D eigenvalue weighted by molar-refractivity contribution is 7.13. The van der Waals surface area contributed by atoms with Crippen LogP contribution in [0.3, 0.4) is 0 Å². The molecule has 3 aromatic heterocycles. The number of ketones is 1. The van der Waals surface area contributed by atoms with Gasteiger partial charge in [-0.1, -0.05) is 24.2 Å². The quantitative estimate of drug-likeness (QED) is 0.362. The first-order valence-corrected chi connectivity index (χ1v) is 13.5. The van der Waals surface area contributed by atoms with Crippen molar-refractivity contribution in [2.45, 2.75) is 57.5 Å². The Balaban J connectivity index is 1.03. The maximum absolute atomic E-state index is 12.9. The van der Waals surface area contributed by atoms with E-state index in [2.05, 4.69) is 15.0 Å². The third-order valence-electron chi connectivity index (χ3n) is 7.47. The van der Waals surface area contributed by atoms with Gasteiger partial charge in [0.25, 0.3) is 5.19 Å². The summed E-state index contributed by atoms with van der Waals surface area (Å²) in [4.78, 5) is 20.7. The fraction of sp³-hybridized carbons (Fsp3) is 0.577. The van der Waals surface area contributed by atoms with Crippen molar-refractivity contribution in [3.63, 3.8) is 0 Å². The Morgan fingerprint density at radius 2 is 1.89 bits per heavy atom. The lowest BCUT2D eigenvalue weighted by atomic mass is 9.78. The van der Waals surface area contributed by atoms with Gasteiger partial charge in [-0.25, -0.2) is 9.50 Å². The van der Waals surface area contributed by atoms with E-state index in [-0.39, 0.29) is 11.0 Å². The molecule has 0 saturated heterocycles. The minimum atomic E-state index is -4.34. The molecule has 10 heteroatoms. The van der Waals surface area contributed by atoms with Gasteiger partial charge in [0, 0.05) is 42.6 Å². The molecule has 1 aliphatic heterocycles. The second-order valence-electron chi connectivity index (χ2n) is 9.98. The number of rotatable bonds is 8. The highest BCUT2D eigenvalue weighted by atomic mass is 32.1. The van der Waals surface area contributed by atoms with Gasteiger partial charge in [-0.15, -0.1) is 0 Å². The van der Waals surface area contributed by atoms with Crippen LogP contribution in [0.4, 0.5) is 13.2 Å². The van der Waals surface area contributed by atoms with E-state index in [1.165, 1.54) is 11.3 Å². The molecule has 194 valence electrons. The van der Waals surface area contributed by atoms with Gasteiger partial charge >= 0.3 is 6.18 Å². The number of thiazole rings is 1. The Bertz CT molecular complexity index is 1160. The molecule has 0 atom stereocenters. The zero-order valence-electron chi connectivity index (χ0n) is 20.2. The first-order chi connectivity index (χ1) is 17.3. The van der Waals surface area contributed by atoms with Gasteiger partial charge in [0.1, 0.15) is 0 Å². The minimum absolute atomic E-state index is 0.128. The molecule has 36 heavy (non-hydrogen) atoms. The summed E-state index contributed by atoms with van der Waals surface area (Å²) in [5.41, 5.74) is 2.53. The first-order valence-electron chi connectivity index (χ1n) is 12.7. The van der Waals surface area contributed by atoms with Crippen molar-refractivity contribution in [2.75, 3.05) is 26.2 Å². The summed E-state index contributed by atoms with van der Waals surface area (Å²) < 4.78 is 43.8. The molecule has 1 aliphatic carbocycles. The van der Waals surface area contributed by atoms with Crippen LogP contribution in [0.5, 0.6) is 5.19 Å². The fourth-order valence-electron chi connectivity index (χ4n) is 5.46. The number of carbonyl (C=O) groups excluding carboxylic acids is 1. The van der Waals surface area contributed by atoms with Crippen molar-refractivity contribution in [1.29, 1.82) is 0 Å².